The number of aryl methyl sites for hydroxylation is 2. The third-order valence-electron chi connectivity index (χ3n) is 4.70. The predicted octanol–water partition coefficient (Wildman–Crippen LogP) is 5.51. The van der Waals surface area contributed by atoms with Crippen molar-refractivity contribution in [3.8, 4) is 5.69 Å². The number of rotatable bonds is 8. The SMILES string of the molecule is Cc1ccc(CN(Cc2ccco2)C(=O)CSc2nncn2-c2ccc(C)c(Cl)c2)s1. The van der Waals surface area contributed by atoms with Crippen molar-refractivity contribution in [3.63, 3.8) is 0 Å². The summed E-state index contributed by atoms with van der Waals surface area (Å²) in [6, 6.07) is 13.6. The van der Waals surface area contributed by atoms with Gasteiger partial charge in [-0.15, -0.1) is 21.5 Å². The standard InChI is InChI=1S/C22H21ClN4O2S2/c1-15-5-7-17(10-20(15)23)27-14-24-25-22(27)30-13-21(28)26(11-18-4-3-9-29-18)12-19-8-6-16(2)31-19/h3-10,14H,11-13H2,1-2H3. The molecule has 6 nitrogen and oxygen atoms in total. The van der Waals surface area contributed by atoms with E-state index in [1.54, 1.807) is 28.8 Å². The van der Waals surface area contributed by atoms with Crippen molar-refractivity contribution < 1.29 is 9.21 Å². The zero-order chi connectivity index (χ0) is 21.8. The highest BCUT2D eigenvalue weighted by Crippen LogP contribution is 2.25. The van der Waals surface area contributed by atoms with Gasteiger partial charge in [-0.05, 0) is 55.8 Å². The zero-order valence-electron chi connectivity index (χ0n) is 17.1. The van der Waals surface area contributed by atoms with Crippen LogP contribution in [0.25, 0.3) is 5.69 Å². The molecule has 0 aliphatic rings. The van der Waals surface area contributed by atoms with E-state index in [1.165, 1.54) is 16.6 Å². The Bertz CT molecular complexity index is 1170. The molecule has 0 fully saturated rings. The molecule has 0 unspecified atom stereocenters. The monoisotopic (exact) mass is 472 g/mol. The van der Waals surface area contributed by atoms with Crippen LogP contribution in [0.5, 0.6) is 0 Å². The zero-order valence-corrected chi connectivity index (χ0v) is 19.5. The van der Waals surface area contributed by atoms with Gasteiger partial charge in [0.25, 0.3) is 0 Å². The third-order valence-corrected chi connectivity index (χ3v) is 7.02. The van der Waals surface area contributed by atoms with Crippen LogP contribution in [0, 0.1) is 13.8 Å². The molecule has 0 bridgehead atoms. The first-order chi connectivity index (χ1) is 15.0. The van der Waals surface area contributed by atoms with Crippen LogP contribution < -0.4 is 0 Å². The molecule has 0 saturated carbocycles. The normalized spacial score (nSPS) is 11.1. The molecular formula is C22H21ClN4O2S2. The summed E-state index contributed by atoms with van der Waals surface area (Å²) >= 11 is 9.31. The number of amides is 1. The van der Waals surface area contributed by atoms with E-state index in [4.69, 9.17) is 16.0 Å². The lowest BCUT2D eigenvalue weighted by Crippen LogP contribution is -2.31. The summed E-state index contributed by atoms with van der Waals surface area (Å²) in [5.74, 6) is 0.997. The fraction of sp³-hybridized carbons (Fsp3) is 0.227. The summed E-state index contributed by atoms with van der Waals surface area (Å²) in [4.78, 5) is 17.3. The Morgan fingerprint density at radius 3 is 2.81 bits per heavy atom. The lowest BCUT2D eigenvalue weighted by atomic mass is 10.2. The highest BCUT2D eigenvalue weighted by molar-refractivity contribution is 7.99. The van der Waals surface area contributed by atoms with Crippen LogP contribution in [-0.2, 0) is 17.9 Å². The summed E-state index contributed by atoms with van der Waals surface area (Å²) in [7, 11) is 0. The first-order valence-electron chi connectivity index (χ1n) is 9.64. The first-order valence-corrected chi connectivity index (χ1v) is 11.8. The molecule has 0 aliphatic carbocycles. The smallest absolute Gasteiger partial charge is 0.233 e. The molecular weight excluding hydrogens is 452 g/mol. The number of benzene rings is 1. The van der Waals surface area contributed by atoms with Gasteiger partial charge in [-0.1, -0.05) is 29.4 Å². The first kappa shape index (κ1) is 21.7. The topological polar surface area (TPSA) is 64.2 Å². The minimum atomic E-state index is 0.00365. The van der Waals surface area contributed by atoms with Crippen molar-refractivity contribution in [2.24, 2.45) is 0 Å². The molecule has 4 aromatic rings. The molecule has 0 saturated heterocycles. The molecule has 4 rings (SSSR count). The lowest BCUT2D eigenvalue weighted by Gasteiger charge is -2.21. The van der Waals surface area contributed by atoms with Gasteiger partial charge in [0.1, 0.15) is 12.1 Å². The van der Waals surface area contributed by atoms with E-state index in [9.17, 15) is 4.79 Å². The minimum absolute atomic E-state index is 0.00365. The van der Waals surface area contributed by atoms with E-state index in [2.05, 4.69) is 29.3 Å². The average molecular weight is 473 g/mol. The van der Waals surface area contributed by atoms with Crippen LogP contribution in [0.4, 0.5) is 0 Å². The number of aromatic nitrogens is 3. The summed E-state index contributed by atoms with van der Waals surface area (Å²) in [5, 5.41) is 9.51. The van der Waals surface area contributed by atoms with Gasteiger partial charge in [0.05, 0.1) is 30.8 Å². The van der Waals surface area contributed by atoms with Crippen LogP contribution in [0.2, 0.25) is 5.02 Å². The Hall–Kier alpha value is -2.55. The number of thiophene rings is 1. The van der Waals surface area contributed by atoms with Gasteiger partial charge in [0.2, 0.25) is 5.91 Å². The molecule has 0 atom stereocenters. The number of hydrogen-bond donors (Lipinski definition) is 0. The van der Waals surface area contributed by atoms with Gasteiger partial charge >= 0.3 is 0 Å². The summed E-state index contributed by atoms with van der Waals surface area (Å²) < 4.78 is 7.31. The molecule has 0 N–H and O–H groups in total. The van der Waals surface area contributed by atoms with Gasteiger partial charge in [-0.3, -0.25) is 9.36 Å². The molecule has 3 heterocycles. The van der Waals surface area contributed by atoms with Crippen LogP contribution in [0.3, 0.4) is 0 Å². The van der Waals surface area contributed by atoms with E-state index in [0.29, 0.717) is 23.3 Å². The van der Waals surface area contributed by atoms with Crippen LogP contribution in [0.15, 0.2) is 64.6 Å². The van der Waals surface area contributed by atoms with Crippen LogP contribution in [0.1, 0.15) is 21.1 Å². The van der Waals surface area contributed by atoms with Gasteiger partial charge in [0, 0.05) is 14.8 Å². The number of hydrogen-bond acceptors (Lipinski definition) is 6. The minimum Gasteiger partial charge on any atom is -0.467 e. The fourth-order valence-corrected chi connectivity index (χ4v) is 4.94. The number of thioether (sulfide) groups is 1. The van der Waals surface area contributed by atoms with Gasteiger partial charge < -0.3 is 9.32 Å². The summed E-state index contributed by atoms with van der Waals surface area (Å²) in [6.45, 7) is 4.98. The van der Waals surface area contributed by atoms with Crippen molar-refractivity contribution in [2.75, 3.05) is 5.75 Å². The predicted molar refractivity (Wildman–Crippen MR) is 124 cm³/mol. The average Bonchev–Trinajstić information content (AvgIpc) is 3.50. The summed E-state index contributed by atoms with van der Waals surface area (Å²) in [6.07, 6.45) is 3.25. The molecule has 1 amide bonds. The number of furan rings is 1. The second-order valence-electron chi connectivity index (χ2n) is 7.05. The number of nitrogens with zero attached hydrogens (tertiary/aromatic N) is 4. The quantitative estimate of drug-likeness (QED) is 0.316. The van der Waals surface area contributed by atoms with Crippen molar-refractivity contribution in [2.45, 2.75) is 32.1 Å². The van der Waals surface area contributed by atoms with Crippen molar-refractivity contribution in [1.82, 2.24) is 19.7 Å². The third kappa shape index (κ3) is 5.39. The second kappa shape index (κ2) is 9.72. The number of carbonyl (C=O) groups is 1. The number of halogens is 1. The maximum atomic E-state index is 13.1. The number of carbonyl (C=O) groups excluding carboxylic acids is 1. The maximum Gasteiger partial charge on any atom is 0.233 e. The fourth-order valence-electron chi connectivity index (χ4n) is 3.03. The lowest BCUT2D eigenvalue weighted by molar-refractivity contribution is -0.129. The van der Waals surface area contributed by atoms with Crippen molar-refractivity contribution in [1.29, 1.82) is 0 Å². The Balaban J connectivity index is 1.47. The Kier molecular flexibility index (Phi) is 6.80. The highest BCUT2D eigenvalue weighted by Gasteiger charge is 2.19. The van der Waals surface area contributed by atoms with E-state index < -0.39 is 0 Å². The summed E-state index contributed by atoms with van der Waals surface area (Å²) in [5.41, 5.74) is 1.86. The van der Waals surface area contributed by atoms with Crippen LogP contribution in [-0.4, -0.2) is 31.3 Å². The molecule has 160 valence electrons. The highest BCUT2D eigenvalue weighted by atomic mass is 35.5. The van der Waals surface area contributed by atoms with Gasteiger partial charge in [0.15, 0.2) is 5.16 Å². The molecule has 0 radical (unpaired) electrons. The van der Waals surface area contributed by atoms with E-state index in [-0.39, 0.29) is 11.7 Å². The van der Waals surface area contributed by atoms with Gasteiger partial charge in [-0.2, -0.15) is 0 Å². The van der Waals surface area contributed by atoms with E-state index >= 15 is 0 Å². The molecule has 0 spiro atoms. The molecule has 0 aliphatic heterocycles. The van der Waals surface area contributed by atoms with Crippen molar-refractivity contribution in [3.05, 3.63) is 81.2 Å². The Morgan fingerprint density at radius 1 is 1.23 bits per heavy atom. The molecule has 1 aromatic carbocycles. The molecule has 31 heavy (non-hydrogen) atoms. The Labute approximate surface area is 193 Å². The maximum absolute atomic E-state index is 13.1. The Morgan fingerprint density at radius 2 is 2.10 bits per heavy atom. The van der Waals surface area contributed by atoms with Gasteiger partial charge in [-0.25, -0.2) is 0 Å². The van der Waals surface area contributed by atoms with Crippen molar-refractivity contribution >= 4 is 40.6 Å². The second-order valence-corrected chi connectivity index (χ2v) is 9.77. The largest absolute Gasteiger partial charge is 0.467 e. The van der Waals surface area contributed by atoms with E-state index in [0.717, 1.165) is 21.9 Å². The molecule has 9 heteroatoms. The van der Waals surface area contributed by atoms with E-state index in [1.807, 2.05) is 41.8 Å². The molecule has 3 aromatic heterocycles. The van der Waals surface area contributed by atoms with Crippen LogP contribution >= 0.6 is 34.7 Å².